The Morgan fingerprint density at radius 3 is 2.78 bits per heavy atom. The highest BCUT2D eigenvalue weighted by molar-refractivity contribution is 5.87. The van der Waals surface area contributed by atoms with Crippen molar-refractivity contribution in [3.63, 3.8) is 0 Å². The van der Waals surface area contributed by atoms with Gasteiger partial charge in [-0.15, -0.1) is 5.10 Å². The predicted molar refractivity (Wildman–Crippen MR) is 130 cm³/mol. The van der Waals surface area contributed by atoms with E-state index in [1.165, 1.54) is 22.8 Å². The number of alkyl halides is 3. The number of hydrogen-bond donors (Lipinski definition) is 0. The zero-order valence-electron chi connectivity index (χ0n) is 20.4. The van der Waals surface area contributed by atoms with E-state index >= 15 is 0 Å². The van der Waals surface area contributed by atoms with Gasteiger partial charge in [-0.2, -0.15) is 13.2 Å². The Morgan fingerprint density at radius 2 is 1.94 bits per heavy atom. The number of benzene rings is 2. The van der Waals surface area contributed by atoms with Crippen LogP contribution in [0.3, 0.4) is 0 Å². The summed E-state index contributed by atoms with van der Waals surface area (Å²) in [5, 5.41) is 8.24. The minimum absolute atomic E-state index is 0.0939. The number of nitrogens with zero attached hydrogens (tertiary/aromatic N) is 3. The standard InChI is InChI=1S/C29H30F3N3O/c1-28-13-11-23-22-7-5-18(15-19(22)6-8-24(23)25(28)9-10-27(28)36)12-14-35-17-26(33-34-35)20-3-2-4-21(16-20)29(30,31)32/h2-5,7,15-17,23-25H,6,8-14H2,1H3/t23-,24-,25+,28+/m1/s1. The van der Waals surface area contributed by atoms with Crippen LogP contribution in [0.5, 0.6) is 0 Å². The van der Waals surface area contributed by atoms with Gasteiger partial charge in [0, 0.05) is 23.9 Å². The number of aryl methyl sites for hydroxylation is 3. The van der Waals surface area contributed by atoms with E-state index in [1.807, 2.05) is 0 Å². The molecule has 4 atom stereocenters. The smallest absolute Gasteiger partial charge is 0.299 e. The number of fused-ring (bicyclic) bond motifs is 5. The SMILES string of the molecule is C[C@]12CC[C@@H]3c4ccc(CCn5cc(-c6cccc(C(F)(F)F)c6)nn5)cc4CC[C@H]3[C@@H]1CCC2=O. The highest BCUT2D eigenvalue weighted by Crippen LogP contribution is 2.59. The molecule has 7 heteroatoms. The molecule has 0 N–H and O–H groups in total. The molecule has 4 nitrogen and oxygen atoms in total. The fourth-order valence-electron chi connectivity index (χ4n) is 7.20. The third kappa shape index (κ3) is 3.97. The lowest BCUT2D eigenvalue weighted by molar-refractivity contribution is -0.137. The second kappa shape index (κ2) is 8.56. The number of carbonyl (C=O) groups is 1. The van der Waals surface area contributed by atoms with Crippen LogP contribution in [-0.4, -0.2) is 20.8 Å². The monoisotopic (exact) mass is 493 g/mol. The van der Waals surface area contributed by atoms with Crippen molar-refractivity contribution in [2.75, 3.05) is 0 Å². The van der Waals surface area contributed by atoms with Crippen molar-refractivity contribution < 1.29 is 18.0 Å². The van der Waals surface area contributed by atoms with Gasteiger partial charge in [-0.3, -0.25) is 9.48 Å². The normalized spacial score (nSPS) is 27.4. The third-order valence-corrected chi connectivity index (χ3v) is 9.15. The molecule has 0 spiro atoms. The molecule has 0 radical (unpaired) electrons. The number of carbonyl (C=O) groups excluding carboxylic acids is 1. The van der Waals surface area contributed by atoms with E-state index in [0.29, 0.717) is 41.3 Å². The summed E-state index contributed by atoms with van der Waals surface area (Å²) >= 11 is 0. The molecule has 3 aliphatic rings. The average Bonchev–Trinajstić information content (AvgIpc) is 3.46. The highest BCUT2D eigenvalue weighted by atomic mass is 19.4. The number of halogens is 3. The molecule has 188 valence electrons. The average molecular weight is 494 g/mol. The maximum atomic E-state index is 13.0. The van der Waals surface area contributed by atoms with Crippen LogP contribution in [0.1, 0.15) is 67.2 Å². The molecule has 0 unspecified atom stereocenters. The maximum absolute atomic E-state index is 13.0. The number of rotatable bonds is 4. The first-order valence-corrected chi connectivity index (χ1v) is 13.0. The van der Waals surface area contributed by atoms with Crippen LogP contribution in [0, 0.1) is 17.3 Å². The molecule has 36 heavy (non-hydrogen) atoms. The van der Waals surface area contributed by atoms with Gasteiger partial charge in [0.05, 0.1) is 11.8 Å². The molecular formula is C29H30F3N3O. The highest BCUT2D eigenvalue weighted by Gasteiger charge is 2.54. The summed E-state index contributed by atoms with van der Waals surface area (Å²) < 4.78 is 40.8. The summed E-state index contributed by atoms with van der Waals surface area (Å²) in [4.78, 5) is 12.6. The van der Waals surface area contributed by atoms with Crippen molar-refractivity contribution in [3.05, 3.63) is 70.9 Å². The van der Waals surface area contributed by atoms with Crippen LogP contribution in [0.15, 0.2) is 48.7 Å². The molecule has 6 rings (SSSR count). The first-order chi connectivity index (χ1) is 17.2. The van der Waals surface area contributed by atoms with Gasteiger partial charge in [0.1, 0.15) is 11.5 Å². The number of Topliss-reactive ketones (excluding diaryl/α,β-unsaturated/α-hetero) is 1. The van der Waals surface area contributed by atoms with Crippen LogP contribution >= 0.6 is 0 Å². The van der Waals surface area contributed by atoms with E-state index in [4.69, 9.17) is 0 Å². The third-order valence-electron chi connectivity index (χ3n) is 9.15. The molecule has 3 aliphatic carbocycles. The van der Waals surface area contributed by atoms with Crippen molar-refractivity contribution in [2.45, 2.75) is 70.5 Å². The van der Waals surface area contributed by atoms with Gasteiger partial charge in [0.2, 0.25) is 0 Å². The first kappa shape index (κ1) is 23.4. The predicted octanol–water partition coefficient (Wildman–Crippen LogP) is 6.63. The van der Waals surface area contributed by atoms with Crippen molar-refractivity contribution >= 4 is 5.78 Å². The van der Waals surface area contributed by atoms with Gasteiger partial charge in [0.15, 0.2) is 0 Å². The Bertz CT molecular complexity index is 1310. The molecule has 2 fully saturated rings. The molecule has 1 aromatic heterocycles. The molecule has 2 saturated carbocycles. The van der Waals surface area contributed by atoms with Crippen LogP contribution < -0.4 is 0 Å². The lowest BCUT2D eigenvalue weighted by Crippen LogP contribution is -2.42. The van der Waals surface area contributed by atoms with E-state index in [1.54, 1.807) is 16.9 Å². The fraction of sp³-hybridized carbons (Fsp3) is 0.483. The number of aromatic nitrogens is 3. The Labute approximate surface area is 208 Å². The minimum Gasteiger partial charge on any atom is -0.299 e. The van der Waals surface area contributed by atoms with Gasteiger partial charge in [-0.05, 0) is 85.1 Å². The molecule has 1 heterocycles. The molecule has 0 bridgehead atoms. The van der Waals surface area contributed by atoms with E-state index in [2.05, 4.69) is 35.4 Å². The summed E-state index contributed by atoms with van der Waals surface area (Å²) in [6.45, 7) is 2.82. The van der Waals surface area contributed by atoms with Crippen molar-refractivity contribution in [1.29, 1.82) is 0 Å². The van der Waals surface area contributed by atoms with E-state index in [-0.39, 0.29) is 5.41 Å². The van der Waals surface area contributed by atoms with Crippen LogP contribution in [0.4, 0.5) is 13.2 Å². The minimum atomic E-state index is -4.38. The molecular weight excluding hydrogens is 463 g/mol. The molecule has 0 saturated heterocycles. The Balaban J connectivity index is 1.14. The van der Waals surface area contributed by atoms with E-state index in [0.717, 1.165) is 57.1 Å². The molecule has 3 aromatic rings. The second-order valence-electron chi connectivity index (χ2n) is 11.1. The quantitative estimate of drug-likeness (QED) is 0.410. The van der Waals surface area contributed by atoms with Crippen molar-refractivity contribution in [3.8, 4) is 11.3 Å². The van der Waals surface area contributed by atoms with Gasteiger partial charge < -0.3 is 0 Å². The van der Waals surface area contributed by atoms with E-state index in [9.17, 15) is 18.0 Å². The Hall–Kier alpha value is -2.96. The van der Waals surface area contributed by atoms with Gasteiger partial charge in [0.25, 0.3) is 0 Å². The van der Waals surface area contributed by atoms with Crippen molar-refractivity contribution in [1.82, 2.24) is 15.0 Å². The molecule has 2 aromatic carbocycles. The lowest BCUT2D eigenvalue weighted by atomic mass is 9.55. The van der Waals surface area contributed by atoms with Gasteiger partial charge in [-0.25, -0.2) is 0 Å². The van der Waals surface area contributed by atoms with Crippen molar-refractivity contribution in [2.24, 2.45) is 17.3 Å². The van der Waals surface area contributed by atoms with Crippen LogP contribution in [0.25, 0.3) is 11.3 Å². The molecule has 0 amide bonds. The maximum Gasteiger partial charge on any atom is 0.416 e. The summed E-state index contributed by atoms with van der Waals surface area (Å²) in [6.07, 6.45) is 4.27. The molecule has 0 aliphatic heterocycles. The van der Waals surface area contributed by atoms with Gasteiger partial charge >= 0.3 is 6.18 Å². The summed E-state index contributed by atoms with van der Waals surface area (Å²) in [6, 6.07) is 12.0. The topological polar surface area (TPSA) is 47.8 Å². The number of ketones is 1. The fourth-order valence-corrected chi connectivity index (χ4v) is 7.20. The van der Waals surface area contributed by atoms with Gasteiger partial charge in [-0.1, -0.05) is 42.5 Å². The zero-order chi connectivity index (χ0) is 25.1. The lowest BCUT2D eigenvalue weighted by Gasteiger charge is -2.48. The Morgan fingerprint density at radius 1 is 1.08 bits per heavy atom. The second-order valence-corrected chi connectivity index (χ2v) is 11.1. The van der Waals surface area contributed by atoms with Crippen LogP contribution in [-0.2, 0) is 30.4 Å². The van der Waals surface area contributed by atoms with E-state index < -0.39 is 11.7 Å². The summed E-state index contributed by atoms with van der Waals surface area (Å²) in [7, 11) is 0. The Kier molecular flexibility index (Phi) is 5.58. The first-order valence-electron chi connectivity index (χ1n) is 13.0. The number of hydrogen-bond acceptors (Lipinski definition) is 3. The zero-order valence-corrected chi connectivity index (χ0v) is 20.4. The van der Waals surface area contributed by atoms with Crippen LogP contribution in [0.2, 0.25) is 0 Å². The summed E-state index contributed by atoms with van der Waals surface area (Å²) in [5.74, 6) is 2.21. The summed E-state index contributed by atoms with van der Waals surface area (Å²) in [5.41, 5.74) is 4.21. The largest absolute Gasteiger partial charge is 0.416 e.